The van der Waals surface area contributed by atoms with Gasteiger partial charge in [0, 0.05) is 12.4 Å². The first kappa shape index (κ1) is 14.7. The van der Waals surface area contributed by atoms with Crippen molar-refractivity contribution in [2.75, 3.05) is 0 Å². The maximum Gasteiger partial charge on any atom is 0.0894 e. The van der Waals surface area contributed by atoms with Crippen LogP contribution >= 0.6 is 10.1 Å². The van der Waals surface area contributed by atoms with Gasteiger partial charge in [-0.3, -0.25) is 9.97 Å². The zero-order chi connectivity index (χ0) is 14.2. The number of pyridine rings is 3. The Labute approximate surface area is 130 Å². The van der Waals surface area contributed by atoms with Crippen molar-refractivity contribution in [3.63, 3.8) is 0 Å². The number of aromatic nitrogens is 3. The summed E-state index contributed by atoms with van der Waals surface area (Å²) in [6.45, 7) is 0. The van der Waals surface area contributed by atoms with E-state index in [1.165, 1.54) is 0 Å². The molecule has 0 aliphatic carbocycles. The number of rotatable bonds is 2. The van der Waals surface area contributed by atoms with Crippen molar-refractivity contribution in [3.05, 3.63) is 67.0 Å². The van der Waals surface area contributed by atoms with Gasteiger partial charge < -0.3 is 0 Å². The van der Waals surface area contributed by atoms with Gasteiger partial charge in [-0.25, -0.2) is 4.98 Å². The minimum Gasteiger partial charge on any atom is -0.255 e. The second-order valence-corrected chi connectivity index (χ2v) is 3.84. The predicted molar refractivity (Wildman–Crippen MR) is 76.6 cm³/mol. The summed E-state index contributed by atoms with van der Waals surface area (Å²) >= 11 is 3.66. The standard InChI is InChI=1S/C15H11N3.ClH.Cu/c1-3-10-16-12(6-1)14-8-5-9-15(18-14)13-7-2-4-11-17-13;;/h1-11H;1H;/q;;+2/p-1. The van der Waals surface area contributed by atoms with Crippen molar-refractivity contribution >= 4 is 10.1 Å². The third-order valence-corrected chi connectivity index (χ3v) is 2.60. The Morgan fingerprint density at radius 2 is 1.05 bits per heavy atom. The van der Waals surface area contributed by atoms with Crippen molar-refractivity contribution in [3.8, 4) is 22.8 Å². The van der Waals surface area contributed by atoms with Crippen LogP contribution in [0.2, 0.25) is 0 Å². The number of hydrogen-bond donors (Lipinski definition) is 0. The first-order valence-electron chi connectivity index (χ1n) is 5.85. The first-order chi connectivity index (χ1) is 9.93. The molecule has 0 radical (unpaired) electrons. The molecular formula is C15H11ClCuN3+. The Kier molecular flexibility index (Phi) is 5.68. The second-order valence-electron chi connectivity index (χ2n) is 3.84. The summed E-state index contributed by atoms with van der Waals surface area (Å²) in [7, 11) is 4.20. The van der Waals surface area contributed by atoms with Gasteiger partial charge in [-0.05, 0) is 36.4 Å². The third-order valence-electron chi connectivity index (χ3n) is 2.60. The molecule has 0 bridgehead atoms. The molecule has 0 saturated heterocycles. The zero-order valence-corrected chi connectivity index (χ0v) is 12.1. The summed E-state index contributed by atoms with van der Waals surface area (Å²) in [5, 5.41) is 0. The van der Waals surface area contributed by atoms with Gasteiger partial charge >= 0.3 is 25.2 Å². The maximum atomic E-state index is 4.59. The van der Waals surface area contributed by atoms with Gasteiger partial charge in [0.2, 0.25) is 0 Å². The van der Waals surface area contributed by atoms with Crippen LogP contribution < -0.4 is 0 Å². The van der Waals surface area contributed by atoms with Gasteiger partial charge in [0.25, 0.3) is 0 Å². The molecule has 3 rings (SSSR count). The van der Waals surface area contributed by atoms with Gasteiger partial charge in [0.15, 0.2) is 0 Å². The van der Waals surface area contributed by atoms with Crippen molar-refractivity contribution in [2.24, 2.45) is 0 Å². The van der Waals surface area contributed by atoms with E-state index in [9.17, 15) is 0 Å². The van der Waals surface area contributed by atoms with Gasteiger partial charge in [-0.15, -0.1) is 0 Å². The molecule has 5 heteroatoms. The summed E-state index contributed by atoms with van der Waals surface area (Å²) in [6, 6.07) is 17.5. The van der Waals surface area contributed by atoms with E-state index in [-0.39, 0.29) is 0 Å². The monoisotopic (exact) mass is 331 g/mol. The van der Waals surface area contributed by atoms with E-state index in [0.717, 1.165) is 22.8 Å². The number of halogens is 1. The van der Waals surface area contributed by atoms with Gasteiger partial charge in [-0.1, -0.05) is 18.2 Å². The summed E-state index contributed by atoms with van der Waals surface area (Å²) in [5.41, 5.74) is 3.46. The van der Waals surface area contributed by atoms with Crippen LogP contribution in [0.1, 0.15) is 0 Å². The van der Waals surface area contributed by atoms with E-state index in [1.54, 1.807) is 12.4 Å². The smallest absolute Gasteiger partial charge is 0.0894 e. The van der Waals surface area contributed by atoms with E-state index in [0.29, 0.717) is 0 Å². The summed E-state index contributed by atoms with van der Waals surface area (Å²) in [4.78, 5) is 13.2. The molecule has 3 aromatic rings. The Balaban J connectivity index is 0.000000704. The molecule has 0 amide bonds. The summed E-state index contributed by atoms with van der Waals surface area (Å²) < 4.78 is 0. The Hall–Kier alpha value is -1.74. The normalized spacial score (nSPS) is 9.55. The Bertz CT molecular complexity index is 593. The Morgan fingerprint density at radius 1 is 0.600 bits per heavy atom. The molecule has 0 spiro atoms. The van der Waals surface area contributed by atoms with Gasteiger partial charge in [0.1, 0.15) is 0 Å². The van der Waals surface area contributed by atoms with Crippen molar-refractivity contribution in [2.45, 2.75) is 0 Å². The molecule has 0 atom stereocenters. The first-order valence-corrected chi connectivity index (χ1v) is 7.14. The van der Waals surface area contributed by atoms with Crippen LogP contribution in [0, 0.1) is 0 Å². The van der Waals surface area contributed by atoms with Crippen LogP contribution in [0.3, 0.4) is 0 Å². The fraction of sp³-hybridized carbons (Fsp3) is 0. The number of nitrogens with zero attached hydrogens (tertiary/aromatic N) is 3. The topological polar surface area (TPSA) is 38.7 Å². The quantitative estimate of drug-likeness (QED) is 0.668. The predicted octanol–water partition coefficient (Wildman–Crippen LogP) is 3.89. The van der Waals surface area contributed by atoms with E-state index in [1.807, 2.05) is 54.6 Å². The van der Waals surface area contributed by atoms with Gasteiger partial charge in [0.05, 0.1) is 22.8 Å². The van der Waals surface area contributed by atoms with Gasteiger partial charge in [-0.2, -0.15) is 0 Å². The van der Waals surface area contributed by atoms with Crippen LogP contribution in [0.4, 0.5) is 0 Å². The third kappa shape index (κ3) is 3.64. The van der Waals surface area contributed by atoms with Crippen LogP contribution in [0.25, 0.3) is 22.8 Å². The van der Waals surface area contributed by atoms with E-state index >= 15 is 0 Å². The van der Waals surface area contributed by atoms with Crippen molar-refractivity contribution in [1.82, 2.24) is 15.0 Å². The molecule has 3 nitrogen and oxygen atoms in total. The fourth-order valence-corrected chi connectivity index (χ4v) is 1.75. The SMILES string of the molecule is [Cl][Cu+].c1ccc(-c2cccc(-c3ccccn3)n2)nc1. The summed E-state index contributed by atoms with van der Waals surface area (Å²) in [5.74, 6) is 0. The minimum absolute atomic E-state index is 0.860. The van der Waals surface area contributed by atoms with Crippen LogP contribution in [-0.2, 0) is 15.1 Å². The molecule has 20 heavy (non-hydrogen) atoms. The molecule has 0 N–H and O–H groups in total. The second kappa shape index (κ2) is 7.75. The minimum atomic E-state index is 0.860. The van der Waals surface area contributed by atoms with Crippen molar-refractivity contribution < 1.29 is 15.1 Å². The molecule has 3 aromatic heterocycles. The van der Waals surface area contributed by atoms with E-state index in [2.05, 4.69) is 40.2 Å². The molecule has 3 heterocycles. The fourth-order valence-electron chi connectivity index (χ4n) is 1.75. The molecule has 0 aromatic carbocycles. The van der Waals surface area contributed by atoms with Crippen molar-refractivity contribution in [1.29, 1.82) is 0 Å². The van der Waals surface area contributed by atoms with Crippen LogP contribution in [0.5, 0.6) is 0 Å². The molecule has 0 unspecified atom stereocenters. The van der Waals surface area contributed by atoms with E-state index in [4.69, 9.17) is 0 Å². The summed E-state index contributed by atoms with van der Waals surface area (Å²) in [6.07, 6.45) is 3.54. The molecule has 0 saturated carbocycles. The average Bonchev–Trinajstić information content (AvgIpc) is 2.58. The van der Waals surface area contributed by atoms with Crippen LogP contribution in [0.15, 0.2) is 67.0 Å². The zero-order valence-electron chi connectivity index (χ0n) is 10.4. The van der Waals surface area contributed by atoms with Crippen LogP contribution in [-0.4, -0.2) is 15.0 Å². The Morgan fingerprint density at radius 3 is 1.45 bits per heavy atom. The largest absolute Gasteiger partial charge is 0.255 e. The maximum absolute atomic E-state index is 4.59. The molecule has 0 aliphatic heterocycles. The number of hydrogen-bond acceptors (Lipinski definition) is 3. The van der Waals surface area contributed by atoms with E-state index < -0.39 is 0 Å². The molecule has 0 fully saturated rings. The average molecular weight is 332 g/mol. The molecule has 103 valence electrons. The molecule has 0 aliphatic rings. The molecular weight excluding hydrogens is 321 g/mol.